The van der Waals surface area contributed by atoms with Gasteiger partial charge in [-0.15, -0.1) is 0 Å². The average molecular weight is 278 g/mol. The lowest BCUT2D eigenvalue weighted by molar-refractivity contribution is 0.919. The van der Waals surface area contributed by atoms with E-state index < -0.39 is 0 Å². The lowest BCUT2D eigenvalue weighted by Gasteiger charge is -2.12. The highest BCUT2D eigenvalue weighted by Gasteiger charge is 2.21. The van der Waals surface area contributed by atoms with Crippen LogP contribution in [-0.4, -0.2) is 16.1 Å². The molecule has 0 spiro atoms. The Morgan fingerprint density at radius 1 is 1.33 bits per heavy atom. The second-order valence-electron chi connectivity index (χ2n) is 4.37. The van der Waals surface area contributed by atoms with E-state index in [-0.39, 0.29) is 0 Å². The zero-order valence-electron chi connectivity index (χ0n) is 9.61. The van der Waals surface area contributed by atoms with Crippen molar-refractivity contribution in [1.29, 1.82) is 0 Å². The van der Waals surface area contributed by atoms with Crippen LogP contribution in [0.2, 0.25) is 5.02 Å². The highest BCUT2D eigenvalue weighted by Crippen LogP contribution is 2.28. The Labute approximate surface area is 116 Å². The van der Waals surface area contributed by atoms with Gasteiger partial charge in [0, 0.05) is 17.6 Å². The van der Waals surface area contributed by atoms with Gasteiger partial charge in [-0.2, -0.15) is 0 Å². The summed E-state index contributed by atoms with van der Waals surface area (Å²) in [5, 5.41) is 8.70. The van der Waals surface area contributed by atoms with E-state index in [2.05, 4.69) is 15.6 Å². The van der Waals surface area contributed by atoms with Gasteiger partial charge in [0.05, 0.1) is 16.2 Å². The van der Waals surface area contributed by atoms with E-state index in [4.69, 9.17) is 23.8 Å². The highest BCUT2D eigenvalue weighted by molar-refractivity contribution is 7.80. The first-order valence-corrected chi connectivity index (χ1v) is 6.63. The van der Waals surface area contributed by atoms with E-state index >= 15 is 0 Å². The maximum Gasteiger partial charge on any atom is 0.171 e. The molecule has 1 fully saturated rings. The van der Waals surface area contributed by atoms with Gasteiger partial charge in [0.1, 0.15) is 0 Å². The van der Waals surface area contributed by atoms with Gasteiger partial charge in [0.15, 0.2) is 5.11 Å². The molecule has 1 aliphatic rings. The minimum atomic E-state index is 0.538. The van der Waals surface area contributed by atoms with Crippen LogP contribution in [-0.2, 0) is 0 Å². The Morgan fingerprint density at radius 2 is 2.17 bits per heavy atom. The summed E-state index contributed by atoms with van der Waals surface area (Å²) in [6.45, 7) is 0. The summed E-state index contributed by atoms with van der Waals surface area (Å²) in [5.74, 6) is 0. The Balaban J connectivity index is 1.91. The van der Waals surface area contributed by atoms with Crippen LogP contribution in [0.1, 0.15) is 12.8 Å². The maximum absolute atomic E-state index is 6.14. The van der Waals surface area contributed by atoms with Crippen LogP contribution in [0.3, 0.4) is 0 Å². The van der Waals surface area contributed by atoms with Crippen LogP contribution in [0.15, 0.2) is 30.5 Å². The Hall–Kier alpha value is -1.39. The average Bonchev–Trinajstić information content (AvgIpc) is 3.17. The highest BCUT2D eigenvalue weighted by atomic mass is 35.5. The summed E-state index contributed by atoms with van der Waals surface area (Å²) in [7, 11) is 0. The molecule has 3 nitrogen and oxygen atoms in total. The van der Waals surface area contributed by atoms with Crippen LogP contribution in [0.5, 0.6) is 0 Å². The first-order chi connectivity index (χ1) is 8.74. The molecule has 18 heavy (non-hydrogen) atoms. The molecule has 5 heteroatoms. The normalized spacial score (nSPS) is 14.5. The van der Waals surface area contributed by atoms with Gasteiger partial charge < -0.3 is 10.6 Å². The van der Waals surface area contributed by atoms with Gasteiger partial charge >= 0.3 is 0 Å². The molecule has 1 saturated carbocycles. The van der Waals surface area contributed by atoms with Gasteiger partial charge in [-0.1, -0.05) is 11.6 Å². The SMILES string of the molecule is S=C(Nc1ccc(Cl)c2cccnc12)NC1CC1. The Morgan fingerprint density at radius 3 is 2.94 bits per heavy atom. The number of aromatic nitrogens is 1. The fraction of sp³-hybridized carbons (Fsp3) is 0.231. The number of hydrogen-bond donors (Lipinski definition) is 2. The van der Waals surface area contributed by atoms with Gasteiger partial charge in [0.2, 0.25) is 0 Å². The van der Waals surface area contributed by atoms with Crippen molar-refractivity contribution in [3.05, 3.63) is 35.5 Å². The number of anilines is 1. The van der Waals surface area contributed by atoms with Crippen molar-refractivity contribution < 1.29 is 0 Å². The van der Waals surface area contributed by atoms with Crippen LogP contribution >= 0.6 is 23.8 Å². The van der Waals surface area contributed by atoms with Crippen LogP contribution < -0.4 is 10.6 Å². The van der Waals surface area contributed by atoms with Crippen LogP contribution in [0.25, 0.3) is 10.9 Å². The van der Waals surface area contributed by atoms with E-state index in [1.54, 1.807) is 6.20 Å². The molecule has 0 bridgehead atoms. The zero-order valence-corrected chi connectivity index (χ0v) is 11.2. The molecule has 2 aromatic rings. The Kier molecular flexibility index (Phi) is 3.06. The first-order valence-electron chi connectivity index (χ1n) is 5.85. The van der Waals surface area contributed by atoms with Crippen molar-refractivity contribution in [2.45, 2.75) is 18.9 Å². The van der Waals surface area contributed by atoms with E-state index in [9.17, 15) is 0 Å². The number of benzene rings is 1. The molecule has 0 unspecified atom stereocenters. The monoisotopic (exact) mass is 277 g/mol. The smallest absolute Gasteiger partial charge is 0.171 e. The molecule has 0 atom stereocenters. The molecule has 1 aliphatic carbocycles. The van der Waals surface area contributed by atoms with E-state index in [1.807, 2.05) is 24.3 Å². The Bertz CT molecular complexity index is 610. The molecule has 1 heterocycles. The number of nitrogens with zero attached hydrogens (tertiary/aromatic N) is 1. The quantitative estimate of drug-likeness (QED) is 0.826. The third-order valence-corrected chi connectivity index (χ3v) is 3.43. The van der Waals surface area contributed by atoms with Crippen molar-refractivity contribution in [3.63, 3.8) is 0 Å². The number of pyridine rings is 1. The third-order valence-electron chi connectivity index (χ3n) is 2.88. The molecular formula is C13H12ClN3S. The molecule has 1 aromatic heterocycles. The van der Waals surface area contributed by atoms with Crippen LogP contribution in [0.4, 0.5) is 5.69 Å². The van der Waals surface area contributed by atoms with Gasteiger partial charge in [-0.3, -0.25) is 4.98 Å². The standard InChI is InChI=1S/C13H12ClN3S/c14-10-5-6-11(12-9(10)2-1-7-15-12)17-13(18)16-8-3-4-8/h1-2,5-8H,3-4H2,(H2,16,17,18). The summed E-state index contributed by atoms with van der Waals surface area (Å²) in [6.07, 6.45) is 4.14. The van der Waals surface area contributed by atoms with Crippen molar-refractivity contribution in [3.8, 4) is 0 Å². The van der Waals surface area contributed by atoms with Gasteiger partial charge in [0.25, 0.3) is 0 Å². The third kappa shape index (κ3) is 2.40. The first kappa shape index (κ1) is 11.7. The lowest BCUT2D eigenvalue weighted by atomic mass is 10.2. The topological polar surface area (TPSA) is 37.0 Å². The number of halogens is 1. The minimum absolute atomic E-state index is 0.538. The second kappa shape index (κ2) is 4.71. The molecule has 0 radical (unpaired) electrons. The van der Waals surface area contributed by atoms with Crippen molar-refractivity contribution in [2.75, 3.05) is 5.32 Å². The molecule has 0 saturated heterocycles. The summed E-state index contributed by atoms with van der Waals surface area (Å²) in [4.78, 5) is 4.36. The largest absolute Gasteiger partial charge is 0.360 e. The molecule has 0 aliphatic heterocycles. The lowest BCUT2D eigenvalue weighted by Crippen LogP contribution is -2.30. The summed E-state index contributed by atoms with van der Waals surface area (Å²) in [5.41, 5.74) is 1.72. The van der Waals surface area contributed by atoms with Gasteiger partial charge in [-0.05, 0) is 49.3 Å². The van der Waals surface area contributed by atoms with Crippen LogP contribution in [0, 0.1) is 0 Å². The van der Waals surface area contributed by atoms with E-state index in [0.717, 1.165) is 16.6 Å². The number of rotatable bonds is 2. The predicted molar refractivity (Wildman–Crippen MR) is 79.1 cm³/mol. The molecule has 1 aromatic carbocycles. The van der Waals surface area contributed by atoms with Gasteiger partial charge in [-0.25, -0.2) is 0 Å². The maximum atomic E-state index is 6.14. The fourth-order valence-corrected chi connectivity index (χ4v) is 2.30. The number of thiocarbonyl (C=S) groups is 1. The summed E-state index contributed by atoms with van der Waals surface area (Å²) >= 11 is 11.4. The van der Waals surface area contributed by atoms with Crippen molar-refractivity contribution in [2.24, 2.45) is 0 Å². The predicted octanol–water partition coefficient (Wildman–Crippen LogP) is 3.34. The minimum Gasteiger partial charge on any atom is -0.360 e. The molecule has 3 rings (SSSR count). The summed E-state index contributed by atoms with van der Waals surface area (Å²) < 4.78 is 0. The number of hydrogen-bond acceptors (Lipinski definition) is 2. The number of nitrogens with one attached hydrogen (secondary N) is 2. The molecular weight excluding hydrogens is 266 g/mol. The summed E-state index contributed by atoms with van der Waals surface area (Å²) in [6, 6.07) is 8.12. The number of fused-ring (bicyclic) bond motifs is 1. The fourth-order valence-electron chi connectivity index (χ4n) is 1.81. The molecule has 0 amide bonds. The van der Waals surface area contributed by atoms with Crippen molar-refractivity contribution in [1.82, 2.24) is 10.3 Å². The zero-order chi connectivity index (χ0) is 12.5. The molecule has 2 N–H and O–H groups in total. The van der Waals surface area contributed by atoms with E-state index in [0.29, 0.717) is 16.2 Å². The van der Waals surface area contributed by atoms with E-state index in [1.165, 1.54) is 12.8 Å². The van der Waals surface area contributed by atoms with Crippen molar-refractivity contribution >= 4 is 45.5 Å². The molecule has 92 valence electrons. The second-order valence-corrected chi connectivity index (χ2v) is 5.18.